The van der Waals surface area contributed by atoms with Crippen molar-refractivity contribution in [3.05, 3.63) is 11.6 Å². The number of esters is 1. The zero-order valence-electron chi connectivity index (χ0n) is 15.1. The Balaban J connectivity index is 1.81. The lowest BCUT2D eigenvalue weighted by molar-refractivity contribution is -0.138. The van der Waals surface area contributed by atoms with Crippen LogP contribution in [-0.2, 0) is 14.3 Å². The summed E-state index contributed by atoms with van der Waals surface area (Å²) in [4.78, 5) is 23.1. The second-order valence-electron chi connectivity index (χ2n) is 8.71. The van der Waals surface area contributed by atoms with Crippen LogP contribution in [0.25, 0.3) is 0 Å². The van der Waals surface area contributed by atoms with Crippen LogP contribution >= 0.6 is 0 Å². The molecule has 0 amide bonds. The van der Waals surface area contributed by atoms with E-state index in [0.29, 0.717) is 36.4 Å². The van der Waals surface area contributed by atoms with Crippen LogP contribution in [0.2, 0.25) is 0 Å². The van der Waals surface area contributed by atoms with Gasteiger partial charge in [0.05, 0.1) is 13.0 Å². The Morgan fingerprint density at radius 2 is 2.12 bits per heavy atom. The van der Waals surface area contributed by atoms with E-state index >= 15 is 0 Å². The number of hydrogen-bond donors (Lipinski definition) is 1. The van der Waals surface area contributed by atoms with E-state index in [2.05, 4.69) is 20.8 Å². The Labute approximate surface area is 144 Å². The highest BCUT2D eigenvalue weighted by molar-refractivity contribution is 5.88. The number of carboxylic acid groups (broad SMARTS) is 1. The van der Waals surface area contributed by atoms with Crippen LogP contribution in [0, 0.1) is 28.6 Å². The Morgan fingerprint density at radius 1 is 1.38 bits per heavy atom. The quantitative estimate of drug-likeness (QED) is 0.783. The Hall–Kier alpha value is -1.32. The summed E-state index contributed by atoms with van der Waals surface area (Å²) >= 11 is 0. The van der Waals surface area contributed by atoms with Crippen molar-refractivity contribution in [2.24, 2.45) is 28.6 Å². The molecular weight excluding hydrogens is 304 g/mol. The average Bonchev–Trinajstić information content (AvgIpc) is 2.94. The van der Waals surface area contributed by atoms with Gasteiger partial charge in [-0.3, -0.25) is 4.79 Å². The van der Waals surface area contributed by atoms with E-state index in [1.807, 2.05) is 6.08 Å². The molecule has 3 aliphatic rings. The molecule has 5 atom stereocenters. The van der Waals surface area contributed by atoms with Crippen LogP contribution in [0.15, 0.2) is 11.6 Å². The molecule has 0 aromatic rings. The van der Waals surface area contributed by atoms with Crippen molar-refractivity contribution >= 4 is 11.9 Å². The van der Waals surface area contributed by atoms with Crippen LogP contribution in [0.3, 0.4) is 0 Å². The van der Waals surface area contributed by atoms with Crippen LogP contribution in [0.4, 0.5) is 0 Å². The molecule has 1 aliphatic heterocycles. The third-order valence-electron chi connectivity index (χ3n) is 7.46. The average molecular weight is 334 g/mol. The zero-order chi connectivity index (χ0) is 17.5. The van der Waals surface area contributed by atoms with Crippen LogP contribution in [0.1, 0.15) is 65.7 Å². The number of carbonyl (C=O) groups excluding carboxylic acids is 1. The van der Waals surface area contributed by atoms with E-state index in [0.717, 1.165) is 38.5 Å². The molecule has 0 bridgehead atoms. The van der Waals surface area contributed by atoms with E-state index in [-0.39, 0.29) is 16.8 Å². The van der Waals surface area contributed by atoms with Crippen molar-refractivity contribution in [2.45, 2.75) is 65.7 Å². The third kappa shape index (κ3) is 2.78. The number of ether oxygens (including phenoxy) is 1. The third-order valence-corrected chi connectivity index (χ3v) is 7.46. The summed E-state index contributed by atoms with van der Waals surface area (Å²) in [7, 11) is 0. The number of cyclic esters (lactones) is 1. The molecule has 4 heteroatoms. The highest BCUT2D eigenvalue weighted by atomic mass is 16.5. The molecule has 0 aromatic heterocycles. The van der Waals surface area contributed by atoms with Gasteiger partial charge < -0.3 is 9.84 Å². The maximum atomic E-state index is 11.8. The van der Waals surface area contributed by atoms with E-state index in [4.69, 9.17) is 4.74 Å². The summed E-state index contributed by atoms with van der Waals surface area (Å²) in [5, 5.41) is 9.69. The summed E-state index contributed by atoms with van der Waals surface area (Å²) in [5.41, 5.74) is 0.553. The van der Waals surface area contributed by atoms with Gasteiger partial charge in [-0.2, -0.15) is 0 Å². The predicted octanol–water partition coefficient (Wildman–Crippen LogP) is 4.19. The van der Waals surface area contributed by atoms with Crippen LogP contribution in [-0.4, -0.2) is 23.7 Å². The number of hydrogen-bond acceptors (Lipinski definition) is 3. The fourth-order valence-electron chi connectivity index (χ4n) is 5.71. The molecule has 3 rings (SSSR count). The van der Waals surface area contributed by atoms with Gasteiger partial charge in [-0.25, -0.2) is 4.79 Å². The van der Waals surface area contributed by atoms with Gasteiger partial charge in [-0.05, 0) is 55.8 Å². The number of fused-ring (bicyclic) bond motifs is 1. The first-order valence-corrected chi connectivity index (χ1v) is 9.37. The molecule has 0 spiro atoms. The molecule has 2 aliphatic carbocycles. The minimum absolute atomic E-state index is 0.0690. The smallest absolute Gasteiger partial charge is 0.331 e. The van der Waals surface area contributed by atoms with Gasteiger partial charge in [0, 0.05) is 16.9 Å². The molecule has 1 saturated heterocycles. The van der Waals surface area contributed by atoms with Gasteiger partial charge in [0.15, 0.2) is 0 Å². The summed E-state index contributed by atoms with van der Waals surface area (Å²) in [6.07, 6.45) is 8.56. The predicted molar refractivity (Wildman–Crippen MR) is 91.4 cm³/mol. The molecule has 1 saturated carbocycles. The molecule has 2 fully saturated rings. The summed E-state index contributed by atoms with van der Waals surface area (Å²) in [6, 6.07) is 0. The van der Waals surface area contributed by atoms with Crippen LogP contribution < -0.4 is 0 Å². The maximum Gasteiger partial charge on any atom is 0.331 e. The first-order valence-electron chi connectivity index (χ1n) is 9.37. The summed E-state index contributed by atoms with van der Waals surface area (Å²) in [5.74, 6) is 0.520. The topological polar surface area (TPSA) is 63.6 Å². The van der Waals surface area contributed by atoms with Crippen molar-refractivity contribution in [3.8, 4) is 0 Å². The lowest BCUT2D eigenvalue weighted by Gasteiger charge is -2.57. The van der Waals surface area contributed by atoms with E-state index in [1.165, 1.54) is 0 Å². The van der Waals surface area contributed by atoms with E-state index < -0.39 is 5.97 Å². The first kappa shape index (κ1) is 17.5. The van der Waals surface area contributed by atoms with Gasteiger partial charge in [0.25, 0.3) is 0 Å². The molecule has 1 N–H and O–H groups in total. The highest BCUT2D eigenvalue weighted by Gasteiger charge is 2.55. The molecule has 0 aromatic carbocycles. The standard InChI is InChI=1S/C20H30O4/c1-13-7-9-20(3)15(18(22)23)5-4-6-16(20)19(13,2)10-8-14-11-17(21)24-12-14/h5,13-14,16H,4,6-12H2,1-3H3,(H,22,23)/t13-,14+,16-,19+,20-/m1/s1. The zero-order valence-corrected chi connectivity index (χ0v) is 15.1. The van der Waals surface area contributed by atoms with E-state index in [9.17, 15) is 14.7 Å². The van der Waals surface area contributed by atoms with E-state index in [1.54, 1.807) is 0 Å². The van der Waals surface area contributed by atoms with Crippen molar-refractivity contribution in [1.29, 1.82) is 0 Å². The molecule has 24 heavy (non-hydrogen) atoms. The maximum absolute atomic E-state index is 11.8. The van der Waals surface area contributed by atoms with Gasteiger partial charge >= 0.3 is 11.9 Å². The summed E-state index contributed by atoms with van der Waals surface area (Å²) in [6.45, 7) is 7.42. The molecular formula is C20H30O4. The lowest BCUT2D eigenvalue weighted by atomic mass is 9.46. The monoisotopic (exact) mass is 334 g/mol. The van der Waals surface area contributed by atoms with Gasteiger partial charge in [-0.1, -0.05) is 26.8 Å². The SMILES string of the molecule is C[C@@H]1CC[C@]2(C)C(C(=O)O)=CCC[C@@H]2[C@@]1(C)CC[C@@H]1COC(=O)C1. The molecule has 0 radical (unpaired) electrons. The first-order chi connectivity index (χ1) is 11.3. The number of aliphatic carboxylic acids is 1. The molecule has 1 heterocycles. The summed E-state index contributed by atoms with van der Waals surface area (Å²) < 4.78 is 5.11. The van der Waals surface area contributed by atoms with Gasteiger partial charge in [-0.15, -0.1) is 0 Å². The highest BCUT2D eigenvalue weighted by Crippen LogP contribution is 2.62. The largest absolute Gasteiger partial charge is 0.478 e. The van der Waals surface area contributed by atoms with Gasteiger partial charge in [0.1, 0.15) is 0 Å². The lowest BCUT2D eigenvalue weighted by Crippen LogP contribution is -2.51. The minimum Gasteiger partial charge on any atom is -0.478 e. The van der Waals surface area contributed by atoms with Crippen molar-refractivity contribution in [3.63, 3.8) is 0 Å². The Morgan fingerprint density at radius 3 is 2.75 bits per heavy atom. The second-order valence-corrected chi connectivity index (χ2v) is 8.71. The number of carbonyl (C=O) groups is 2. The fraction of sp³-hybridized carbons (Fsp3) is 0.800. The van der Waals surface area contributed by atoms with Gasteiger partial charge in [0.2, 0.25) is 0 Å². The second kappa shape index (κ2) is 6.20. The van der Waals surface area contributed by atoms with Crippen LogP contribution in [0.5, 0.6) is 0 Å². The Kier molecular flexibility index (Phi) is 4.52. The molecule has 134 valence electrons. The Bertz CT molecular complexity index is 566. The van der Waals surface area contributed by atoms with Crippen molar-refractivity contribution in [1.82, 2.24) is 0 Å². The number of allylic oxidation sites excluding steroid dienone is 1. The fourth-order valence-corrected chi connectivity index (χ4v) is 5.71. The number of rotatable bonds is 4. The number of carboxylic acids is 1. The van der Waals surface area contributed by atoms with Crippen molar-refractivity contribution in [2.75, 3.05) is 6.61 Å². The molecule has 4 nitrogen and oxygen atoms in total. The molecule has 0 unspecified atom stereocenters. The van der Waals surface area contributed by atoms with Crippen molar-refractivity contribution < 1.29 is 19.4 Å². The minimum atomic E-state index is -0.742. The normalized spacial score (nSPS) is 42.2.